The number of carbonyl (C=O) groups is 2. The predicted molar refractivity (Wildman–Crippen MR) is 61.8 cm³/mol. The number of hydrogen-bond donors (Lipinski definition) is 4. The number of nitriles is 1. The smallest absolute Gasteiger partial charge is 0.328 e. The minimum atomic E-state index is -1.48. The Bertz CT molecular complexity index is 541. The first-order valence-corrected chi connectivity index (χ1v) is 5.08. The average Bonchev–Trinajstić information content (AvgIpc) is 2.37. The Labute approximate surface area is 107 Å². The fraction of sp³-hybridized carbons (Fsp3) is 0.182. The number of rotatable bonds is 4. The topological polar surface area (TPSA) is 122 Å². The lowest BCUT2D eigenvalue weighted by Crippen LogP contribution is -2.45. The lowest BCUT2D eigenvalue weighted by atomic mass is 10.2. The van der Waals surface area contributed by atoms with Gasteiger partial charge in [0, 0.05) is 0 Å². The Hall–Kier alpha value is -2.66. The van der Waals surface area contributed by atoms with Gasteiger partial charge in [-0.15, -0.1) is 0 Å². The zero-order valence-electron chi connectivity index (χ0n) is 9.55. The highest BCUT2D eigenvalue weighted by atomic mass is 19.1. The molecule has 0 radical (unpaired) electrons. The largest absolute Gasteiger partial charge is 0.480 e. The fourth-order valence-electron chi connectivity index (χ4n) is 1.19. The molecule has 0 aliphatic carbocycles. The van der Waals surface area contributed by atoms with Gasteiger partial charge in [-0.25, -0.2) is 14.0 Å². The van der Waals surface area contributed by atoms with E-state index in [4.69, 9.17) is 15.5 Å². The van der Waals surface area contributed by atoms with Crippen molar-refractivity contribution in [1.29, 1.82) is 5.26 Å². The number of anilines is 1. The average molecular weight is 267 g/mol. The van der Waals surface area contributed by atoms with Crippen LogP contribution in [0.15, 0.2) is 18.2 Å². The summed E-state index contributed by atoms with van der Waals surface area (Å²) in [4.78, 5) is 21.9. The molecule has 0 unspecified atom stereocenters. The van der Waals surface area contributed by atoms with Crippen LogP contribution in [0.1, 0.15) is 5.56 Å². The molecule has 0 bridgehead atoms. The molecule has 4 N–H and O–H groups in total. The SMILES string of the molecule is N#Cc1ccc(NC(=O)N[C@H](CO)C(=O)O)c(F)c1. The zero-order valence-corrected chi connectivity index (χ0v) is 9.55. The molecule has 0 saturated heterocycles. The van der Waals surface area contributed by atoms with Crippen LogP contribution in [0, 0.1) is 17.1 Å². The van der Waals surface area contributed by atoms with Crippen LogP contribution in [0.2, 0.25) is 0 Å². The third kappa shape index (κ3) is 3.93. The standard InChI is InChI=1S/C11H10FN3O4/c12-7-3-6(4-13)1-2-8(7)14-11(19)15-9(5-16)10(17)18/h1-3,9,16H,5H2,(H,17,18)(H2,14,15,19)/t9-/m1/s1. The Morgan fingerprint density at radius 3 is 2.63 bits per heavy atom. The molecule has 0 aliphatic rings. The summed E-state index contributed by atoms with van der Waals surface area (Å²) in [7, 11) is 0. The summed E-state index contributed by atoms with van der Waals surface area (Å²) in [6, 6.07) is 2.65. The number of nitrogens with zero attached hydrogens (tertiary/aromatic N) is 1. The molecule has 0 saturated carbocycles. The van der Waals surface area contributed by atoms with Crippen molar-refractivity contribution in [2.75, 3.05) is 11.9 Å². The number of urea groups is 1. The second-order valence-corrected chi connectivity index (χ2v) is 3.48. The summed E-state index contributed by atoms with van der Waals surface area (Å²) in [5.41, 5.74) is -0.124. The van der Waals surface area contributed by atoms with Crippen LogP contribution in [0.25, 0.3) is 0 Å². The van der Waals surface area contributed by atoms with E-state index in [0.717, 1.165) is 6.07 Å². The van der Waals surface area contributed by atoms with Crippen molar-refractivity contribution in [3.8, 4) is 6.07 Å². The van der Waals surface area contributed by atoms with Gasteiger partial charge < -0.3 is 20.8 Å². The molecule has 1 atom stereocenters. The number of aliphatic hydroxyl groups is 1. The molecule has 0 fully saturated rings. The maximum atomic E-state index is 13.4. The summed E-state index contributed by atoms with van der Waals surface area (Å²) in [6.07, 6.45) is 0. The van der Waals surface area contributed by atoms with Gasteiger partial charge in [-0.3, -0.25) is 0 Å². The van der Waals surface area contributed by atoms with E-state index in [0.29, 0.717) is 0 Å². The number of carboxylic acid groups (broad SMARTS) is 1. The molecule has 7 nitrogen and oxygen atoms in total. The van der Waals surface area contributed by atoms with Gasteiger partial charge >= 0.3 is 12.0 Å². The van der Waals surface area contributed by atoms with Gasteiger partial charge in [-0.05, 0) is 18.2 Å². The van der Waals surface area contributed by atoms with Crippen LogP contribution in [0.3, 0.4) is 0 Å². The number of amides is 2. The van der Waals surface area contributed by atoms with E-state index >= 15 is 0 Å². The van der Waals surface area contributed by atoms with Crippen molar-refractivity contribution in [3.63, 3.8) is 0 Å². The van der Waals surface area contributed by atoms with Gasteiger partial charge in [0.1, 0.15) is 5.82 Å². The van der Waals surface area contributed by atoms with Crippen LogP contribution >= 0.6 is 0 Å². The first-order valence-electron chi connectivity index (χ1n) is 5.08. The van der Waals surface area contributed by atoms with Gasteiger partial charge in [0.05, 0.1) is 23.9 Å². The second-order valence-electron chi connectivity index (χ2n) is 3.48. The molecule has 1 rings (SSSR count). The molecule has 0 aromatic heterocycles. The van der Waals surface area contributed by atoms with Gasteiger partial charge in [0.25, 0.3) is 0 Å². The van der Waals surface area contributed by atoms with E-state index < -0.39 is 30.5 Å². The van der Waals surface area contributed by atoms with Crippen molar-refractivity contribution in [2.24, 2.45) is 0 Å². The highest BCUT2D eigenvalue weighted by Gasteiger charge is 2.19. The molecule has 1 aromatic carbocycles. The maximum Gasteiger partial charge on any atom is 0.328 e. The van der Waals surface area contributed by atoms with Crippen LogP contribution in [-0.2, 0) is 4.79 Å². The van der Waals surface area contributed by atoms with Crippen LogP contribution in [-0.4, -0.2) is 34.9 Å². The first kappa shape index (κ1) is 14.4. The van der Waals surface area contributed by atoms with E-state index in [2.05, 4.69) is 5.32 Å². The summed E-state index contributed by atoms with van der Waals surface area (Å²) in [5.74, 6) is -2.25. The minimum Gasteiger partial charge on any atom is -0.480 e. The summed E-state index contributed by atoms with van der Waals surface area (Å²) in [6.45, 7) is -0.793. The van der Waals surface area contributed by atoms with Gasteiger partial charge in [-0.2, -0.15) is 5.26 Å². The van der Waals surface area contributed by atoms with Crippen molar-refractivity contribution in [1.82, 2.24) is 5.32 Å². The van der Waals surface area contributed by atoms with Crippen LogP contribution in [0.5, 0.6) is 0 Å². The molecular weight excluding hydrogens is 257 g/mol. The Morgan fingerprint density at radius 2 is 2.16 bits per heavy atom. The molecule has 100 valence electrons. The number of carboxylic acids is 1. The highest BCUT2D eigenvalue weighted by molar-refractivity contribution is 5.92. The quantitative estimate of drug-likeness (QED) is 0.623. The molecule has 1 aromatic rings. The van der Waals surface area contributed by atoms with Crippen molar-refractivity contribution < 1.29 is 24.2 Å². The third-order valence-electron chi connectivity index (χ3n) is 2.13. The Balaban J connectivity index is 2.72. The number of nitrogens with one attached hydrogen (secondary N) is 2. The third-order valence-corrected chi connectivity index (χ3v) is 2.13. The number of aliphatic carboxylic acids is 1. The summed E-state index contributed by atoms with van der Waals surface area (Å²) < 4.78 is 13.4. The predicted octanol–water partition coefficient (Wildman–Crippen LogP) is 0.264. The number of hydrogen-bond acceptors (Lipinski definition) is 4. The number of halogens is 1. The number of aliphatic hydroxyl groups excluding tert-OH is 1. The summed E-state index contributed by atoms with van der Waals surface area (Å²) in [5, 5.41) is 29.8. The molecule has 0 heterocycles. The van der Waals surface area contributed by atoms with Crippen molar-refractivity contribution in [3.05, 3.63) is 29.6 Å². The van der Waals surface area contributed by atoms with Crippen LogP contribution in [0.4, 0.5) is 14.9 Å². The highest BCUT2D eigenvalue weighted by Crippen LogP contribution is 2.15. The molecular formula is C11H10FN3O4. The monoisotopic (exact) mass is 267 g/mol. The zero-order chi connectivity index (χ0) is 14.4. The maximum absolute atomic E-state index is 13.4. The normalized spacial score (nSPS) is 11.2. The second kappa shape index (κ2) is 6.32. The molecule has 19 heavy (non-hydrogen) atoms. The lowest BCUT2D eigenvalue weighted by Gasteiger charge is -2.13. The molecule has 2 amide bonds. The Morgan fingerprint density at radius 1 is 1.47 bits per heavy atom. The summed E-state index contributed by atoms with van der Waals surface area (Å²) >= 11 is 0. The fourth-order valence-corrected chi connectivity index (χ4v) is 1.19. The van der Waals surface area contributed by atoms with E-state index in [1.807, 2.05) is 5.32 Å². The van der Waals surface area contributed by atoms with Crippen molar-refractivity contribution >= 4 is 17.7 Å². The van der Waals surface area contributed by atoms with E-state index in [9.17, 15) is 14.0 Å². The van der Waals surface area contributed by atoms with Crippen LogP contribution < -0.4 is 10.6 Å². The van der Waals surface area contributed by atoms with Gasteiger partial charge in [0.15, 0.2) is 6.04 Å². The first-order chi connectivity index (χ1) is 8.97. The number of benzene rings is 1. The van der Waals surface area contributed by atoms with E-state index in [1.54, 1.807) is 6.07 Å². The van der Waals surface area contributed by atoms with E-state index in [-0.39, 0.29) is 11.3 Å². The number of carbonyl (C=O) groups excluding carboxylic acids is 1. The van der Waals surface area contributed by atoms with Gasteiger partial charge in [0.2, 0.25) is 0 Å². The van der Waals surface area contributed by atoms with Gasteiger partial charge in [-0.1, -0.05) is 0 Å². The Kier molecular flexibility index (Phi) is 4.79. The lowest BCUT2D eigenvalue weighted by molar-refractivity contribution is -0.140. The molecule has 0 aliphatic heterocycles. The van der Waals surface area contributed by atoms with Crippen molar-refractivity contribution in [2.45, 2.75) is 6.04 Å². The molecule has 0 spiro atoms. The van der Waals surface area contributed by atoms with E-state index in [1.165, 1.54) is 12.1 Å². The minimum absolute atomic E-state index is 0.0854. The molecule has 8 heteroatoms.